The van der Waals surface area contributed by atoms with Gasteiger partial charge in [-0.2, -0.15) is 0 Å². The number of ether oxygens (including phenoxy) is 2. The maximum atomic E-state index is 12.3. The fourth-order valence-corrected chi connectivity index (χ4v) is 3.13. The number of aromatic amines is 1. The highest BCUT2D eigenvalue weighted by Crippen LogP contribution is 2.36. The molecule has 1 amide bonds. The van der Waals surface area contributed by atoms with Gasteiger partial charge in [-0.25, -0.2) is 4.98 Å². The van der Waals surface area contributed by atoms with Crippen molar-refractivity contribution < 1.29 is 14.3 Å². The summed E-state index contributed by atoms with van der Waals surface area (Å²) in [5, 5.41) is 3.34. The zero-order valence-electron chi connectivity index (χ0n) is 16.7. The standard InChI is InChI=1S/C22H24ClN3O3/c1-4-11-29-21-16(23)12-15(13-19(21)28-3)9-10-20(27)24-14(2)22-25-17-7-5-6-8-18(17)26-22/h5-10,12-14H,4,11H2,1-3H3,(H,24,27)(H,25,26)/b10-9+/t14-/m0/s1. The van der Waals surface area contributed by atoms with Crippen LogP contribution in [0, 0.1) is 0 Å². The lowest BCUT2D eigenvalue weighted by molar-refractivity contribution is -0.117. The minimum atomic E-state index is -0.262. The molecule has 7 heteroatoms. The Morgan fingerprint density at radius 3 is 2.86 bits per heavy atom. The molecule has 0 unspecified atom stereocenters. The molecule has 1 heterocycles. The SMILES string of the molecule is CCCOc1c(Cl)cc(/C=C/C(=O)N[C@@H](C)c2nc3ccccc3[nH]2)cc1OC. The number of halogens is 1. The zero-order chi connectivity index (χ0) is 20.8. The molecule has 2 aromatic carbocycles. The number of rotatable bonds is 8. The summed E-state index contributed by atoms with van der Waals surface area (Å²) in [6.45, 7) is 4.44. The van der Waals surface area contributed by atoms with Crippen LogP contribution in [0.1, 0.15) is 37.7 Å². The number of carbonyl (C=O) groups excluding carboxylic acids is 1. The molecule has 0 aliphatic heterocycles. The quantitative estimate of drug-likeness (QED) is 0.515. The first-order valence-corrected chi connectivity index (χ1v) is 9.83. The van der Waals surface area contributed by atoms with E-state index in [1.165, 1.54) is 6.08 Å². The smallest absolute Gasteiger partial charge is 0.244 e. The Hall–Kier alpha value is -2.99. The Morgan fingerprint density at radius 2 is 2.14 bits per heavy atom. The molecule has 0 aliphatic rings. The number of nitrogens with one attached hydrogen (secondary N) is 2. The van der Waals surface area contributed by atoms with Crippen LogP contribution < -0.4 is 14.8 Å². The molecular weight excluding hydrogens is 390 g/mol. The van der Waals surface area contributed by atoms with Gasteiger partial charge in [-0.3, -0.25) is 4.79 Å². The minimum Gasteiger partial charge on any atom is -0.493 e. The molecule has 6 nitrogen and oxygen atoms in total. The van der Waals surface area contributed by atoms with E-state index in [9.17, 15) is 4.79 Å². The third kappa shape index (κ3) is 5.09. The molecule has 152 valence electrons. The summed E-state index contributed by atoms with van der Waals surface area (Å²) in [6, 6.07) is 11.0. The predicted octanol–water partition coefficient (Wildman–Crippen LogP) is 4.90. The zero-order valence-corrected chi connectivity index (χ0v) is 17.4. The molecule has 0 spiro atoms. The van der Waals surface area contributed by atoms with Crippen LogP contribution in [0.2, 0.25) is 5.02 Å². The van der Waals surface area contributed by atoms with Crippen LogP contribution >= 0.6 is 11.6 Å². The molecule has 0 fully saturated rings. The molecule has 1 atom stereocenters. The van der Waals surface area contributed by atoms with Crippen molar-refractivity contribution in [2.75, 3.05) is 13.7 Å². The van der Waals surface area contributed by atoms with Gasteiger partial charge in [-0.1, -0.05) is 30.7 Å². The molecule has 3 rings (SSSR count). The summed E-state index contributed by atoms with van der Waals surface area (Å²) in [4.78, 5) is 20.1. The van der Waals surface area contributed by atoms with Gasteiger partial charge in [0.1, 0.15) is 5.82 Å². The maximum absolute atomic E-state index is 12.3. The van der Waals surface area contributed by atoms with Crippen LogP contribution in [0.5, 0.6) is 11.5 Å². The van der Waals surface area contributed by atoms with Gasteiger partial charge in [0.25, 0.3) is 0 Å². The Labute approximate surface area is 174 Å². The van der Waals surface area contributed by atoms with Gasteiger partial charge in [-0.05, 0) is 49.2 Å². The monoisotopic (exact) mass is 413 g/mol. The van der Waals surface area contributed by atoms with Crippen LogP contribution in [-0.4, -0.2) is 29.6 Å². The van der Waals surface area contributed by atoms with Crippen molar-refractivity contribution in [3.63, 3.8) is 0 Å². The van der Waals surface area contributed by atoms with Crippen molar-refractivity contribution in [1.29, 1.82) is 0 Å². The molecule has 0 bridgehead atoms. The fraction of sp³-hybridized carbons (Fsp3) is 0.273. The summed E-state index contributed by atoms with van der Waals surface area (Å²) >= 11 is 6.32. The van der Waals surface area contributed by atoms with Gasteiger partial charge >= 0.3 is 0 Å². The largest absolute Gasteiger partial charge is 0.493 e. The fourth-order valence-electron chi connectivity index (χ4n) is 2.86. The summed E-state index contributed by atoms with van der Waals surface area (Å²) in [5.74, 6) is 1.51. The number of nitrogens with zero attached hydrogens (tertiary/aromatic N) is 1. The predicted molar refractivity (Wildman–Crippen MR) is 115 cm³/mol. The van der Waals surface area contributed by atoms with Crippen molar-refractivity contribution in [1.82, 2.24) is 15.3 Å². The summed E-state index contributed by atoms with van der Waals surface area (Å²) < 4.78 is 11.0. The second kappa shape index (κ2) is 9.47. The maximum Gasteiger partial charge on any atom is 0.244 e. The second-order valence-corrected chi connectivity index (χ2v) is 6.99. The van der Waals surface area contributed by atoms with Gasteiger partial charge in [0, 0.05) is 6.08 Å². The highest BCUT2D eigenvalue weighted by Gasteiger charge is 2.13. The van der Waals surface area contributed by atoms with E-state index in [1.54, 1.807) is 25.3 Å². The number of benzene rings is 2. The van der Waals surface area contributed by atoms with E-state index >= 15 is 0 Å². The first kappa shape index (κ1) is 20.7. The molecule has 0 aliphatic carbocycles. The van der Waals surface area contributed by atoms with Crippen LogP contribution in [0.15, 0.2) is 42.5 Å². The van der Waals surface area contributed by atoms with Crippen molar-refractivity contribution in [3.05, 3.63) is 58.9 Å². The van der Waals surface area contributed by atoms with E-state index < -0.39 is 0 Å². The number of amides is 1. The van der Waals surface area contributed by atoms with E-state index in [0.29, 0.717) is 29.0 Å². The summed E-state index contributed by atoms with van der Waals surface area (Å²) in [6.07, 6.45) is 4.00. The Bertz CT molecular complexity index is 996. The van der Waals surface area contributed by atoms with E-state index in [1.807, 2.05) is 38.1 Å². The van der Waals surface area contributed by atoms with E-state index in [2.05, 4.69) is 15.3 Å². The molecule has 2 N–H and O–H groups in total. The van der Waals surface area contributed by atoms with Gasteiger partial charge < -0.3 is 19.8 Å². The number of hydrogen-bond donors (Lipinski definition) is 2. The number of carbonyl (C=O) groups is 1. The molecule has 1 aromatic heterocycles. The number of methoxy groups -OCH3 is 1. The highest BCUT2D eigenvalue weighted by molar-refractivity contribution is 6.32. The van der Waals surface area contributed by atoms with Crippen LogP contribution in [0.3, 0.4) is 0 Å². The first-order valence-electron chi connectivity index (χ1n) is 9.45. The van der Waals surface area contributed by atoms with E-state index in [0.717, 1.165) is 23.0 Å². The third-order valence-corrected chi connectivity index (χ3v) is 4.59. The van der Waals surface area contributed by atoms with Crippen molar-refractivity contribution >= 4 is 34.6 Å². The normalized spacial score (nSPS) is 12.3. The minimum absolute atomic E-state index is 0.237. The van der Waals surface area contributed by atoms with Crippen LogP contribution in [-0.2, 0) is 4.79 Å². The Kier molecular flexibility index (Phi) is 6.77. The number of H-pyrrole nitrogens is 1. The van der Waals surface area contributed by atoms with Gasteiger partial charge in [-0.15, -0.1) is 0 Å². The number of para-hydroxylation sites is 2. The summed E-state index contributed by atoms with van der Waals surface area (Å²) in [7, 11) is 1.56. The van der Waals surface area contributed by atoms with Crippen LogP contribution in [0.4, 0.5) is 0 Å². The van der Waals surface area contributed by atoms with Gasteiger partial charge in [0.05, 0.1) is 35.8 Å². The molecular formula is C22H24ClN3O3. The molecule has 0 radical (unpaired) electrons. The highest BCUT2D eigenvalue weighted by atomic mass is 35.5. The first-order chi connectivity index (χ1) is 14.0. The van der Waals surface area contributed by atoms with Crippen LogP contribution in [0.25, 0.3) is 17.1 Å². The van der Waals surface area contributed by atoms with Gasteiger partial charge in [0.15, 0.2) is 11.5 Å². The molecule has 0 saturated carbocycles. The Morgan fingerprint density at radius 1 is 1.34 bits per heavy atom. The Balaban J connectivity index is 1.68. The van der Waals surface area contributed by atoms with Crippen molar-refractivity contribution in [2.24, 2.45) is 0 Å². The number of aromatic nitrogens is 2. The van der Waals surface area contributed by atoms with E-state index in [-0.39, 0.29) is 11.9 Å². The molecule has 0 saturated heterocycles. The molecule has 3 aromatic rings. The summed E-state index contributed by atoms with van der Waals surface area (Å²) in [5.41, 5.74) is 2.54. The topological polar surface area (TPSA) is 76.2 Å². The number of fused-ring (bicyclic) bond motifs is 1. The number of imidazole rings is 1. The number of hydrogen-bond acceptors (Lipinski definition) is 4. The van der Waals surface area contributed by atoms with Gasteiger partial charge in [0.2, 0.25) is 5.91 Å². The lowest BCUT2D eigenvalue weighted by Crippen LogP contribution is -2.25. The average Bonchev–Trinajstić information content (AvgIpc) is 3.15. The lowest BCUT2D eigenvalue weighted by atomic mass is 10.2. The van der Waals surface area contributed by atoms with Crippen molar-refractivity contribution in [3.8, 4) is 11.5 Å². The van der Waals surface area contributed by atoms with Crippen molar-refractivity contribution in [2.45, 2.75) is 26.3 Å². The lowest BCUT2D eigenvalue weighted by Gasteiger charge is -2.13. The van der Waals surface area contributed by atoms with E-state index in [4.69, 9.17) is 21.1 Å². The molecule has 29 heavy (non-hydrogen) atoms. The second-order valence-electron chi connectivity index (χ2n) is 6.59. The third-order valence-electron chi connectivity index (χ3n) is 4.31. The average molecular weight is 414 g/mol.